The zero-order valence-corrected chi connectivity index (χ0v) is 16.3. The Hall–Kier alpha value is -1.89. The second kappa shape index (κ2) is 9.71. The summed E-state index contributed by atoms with van der Waals surface area (Å²) in [5, 5.41) is 6.06. The zero-order chi connectivity index (χ0) is 18.2. The number of nitrogens with one attached hydrogen (secondary N) is 2. The van der Waals surface area contributed by atoms with Crippen molar-refractivity contribution in [3.8, 4) is 0 Å². The first kappa shape index (κ1) is 18.9. The lowest BCUT2D eigenvalue weighted by Crippen LogP contribution is -2.35. The topological polar surface area (TPSA) is 53.6 Å². The number of hydrogen-bond acceptors (Lipinski definition) is 4. The Morgan fingerprint density at radius 1 is 1.00 bits per heavy atom. The first-order valence-electron chi connectivity index (χ1n) is 8.83. The summed E-state index contributed by atoms with van der Waals surface area (Å²) in [6.07, 6.45) is 0. The molecule has 5 nitrogen and oxygen atoms in total. The van der Waals surface area contributed by atoms with Gasteiger partial charge in [0.15, 0.2) is 0 Å². The number of amides is 1. The molecule has 26 heavy (non-hydrogen) atoms. The highest BCUT2D eigenvalue weighted by molar-refractivity contribution is 9.10. The monoisotopic (exact) mass is 417 g/mol. The van der Waals surface area contributed by atoms with E-state index in [1.807, 2.05) is 24.3 Å². The van der Waals surface area contributed by atoms with E-state index in [4.69, 9.17) is 4.74 Å². The Labute approximate surface area is 162 Å². The number of carbonyl (C=O) groups excluding carboxylic acids is 1. The molecule has 0 spiro atoms. The Kier molecular flexibility index (Phi) is 7.05. The maximum Gasteiger partial charge on any atom is 0.239 e. The Morgan fingerprint density at radius 2 is 1.65 bits per heavy atom. The highest BCUT2D eigenvalue weighted by atomic mass is 79.9. The molecule has 1 heterocycles. The van der Waals surface area contributed by atoms with Gasteiger partial charge in [-0.25, -0.2) is 0 Å². The average Bonchev–Trinajstić information content (AvgIpc) is 2.68. The fourth-order valence-corrected chi connectivity index (χ4v) is 3.06. The van der Waals surface area contributed by atoms with Crippen molar-refractivity contribution < 1.29 is 9.53 Å². The van der Waals surface area contributed by atoms with Crippen LogP contribution in [0.3, 0.4) is 0 Å². The Bertz CT molecular complexity index is 698. The van der Waals surface area contributed by atoms with E-state index >= 15 is 0 Å². The van der Waals surface area contributed by atoms with Gasteiger partial charge in [0, 0.05) is 36.3 Å². The fraction of sp³-hybridized carbons (Fsp3) is 0.350. The van der Waals surface area contributed by atoms with Crippen molar-refractivity contribution in [3.63, 3.8) is 0 Å². The number of carbonyl (C=O) groups is 1. The van der Waals surface area contributed by atoms with Crippen LogP contribution in [0.5, 0.6) is 0 Å². The van der Waals surface area contributed by atoms with Gasteiger partial charge in [-0.3, -0.25) is 9.69 Å². The van der Waals surface area contributed by atoms with Crippen LogP contribution in [0.4, 0.5) is 5.69 Å². The molecule has 3 rings (SSSR count). The Balaban J connectivity index is 1.39. The highest BCUT2D eigenvalue weighted by Crippen LogP contribution is 2.13. The molecule has 0 aliphatic carbocycles. The van der Waals surface area contributed by atoms with Gasteiger partial charge in [-0.15, -0.1) is 0 Å². The smallest absolute Gasteiger partial charge is 0.239 e. The molecule has 0 atom stereocenters. The standard InChI is InChI=1S/C20H24BrN3O2/c21-18-5-7-19(8-6-18)22-14-20(25)23-13-16-1-3-17(4-2-16)15-24-9-11-26-12-10-24/h1-8,22H,9-15H2,(H,23,25). The number of ether oxygens (including phenoxy) is 1. The van der Waals surface area contributed by atoms with Crippen molar-refractivity contribution in [2.45, 2.75) is 13.1 Å². The lowest BCUT2D eigenvalue weighted by atomic mass is 10.1. The van der Waals surface area contributed by atoms with E-state index in [0.717, 1.165) is 48.6 Å². The minimum atomic E-state index is -0.0229. The second-order valence-electron chi connectivity index (χ2n) is 6.34. The molecule has 1 fully saturated rings. The van der Waals surface area contributed by atoms with Crippen LogP contribution in [0.15, 0.2) is 53.0 Å². The fourth-order valence-electron chi connectivity index (χ4n) is 2.79. The largest absolute Gasteiger partial charge is 0.379 e. The van der Waals surface area contributed by atoms with E-state index in [0.29, 0.717) is 6.54 Å². The molecule has 0 bridgehead atoms. The molecule has 2 N–H and O–H groups in total. The van der Waals surface area contributed by atoms with E-state index in [1.165, 1.54) is 5.56 Å². The predicted molar refractivity (Wildman–Crippen MR) is 107 cm³/mol. The van der Waals surface area contributed by atoms with Gasteiger partial charge in [0.05, 0.1) is 19.8 Å². The zero-order valence-electron chi connectivity index (χ0n) is 14.7. The molecule has 0 saturated carbocycles. The van der Waals surface area contributed by atoms with Crippen LogP contribution in [0.2, 0.25) is 0 Å². The van der Waals surface area contributed by atoms with Gasteiger partial charge in [-0.05, 0) is 35.4 Å². The molecule has 1 amide bonds. The first-order chi connectivity index (χ1) is 12.7. The summed E-state index contributed by atoms with van der Waals surface area (Å²) in [5.41, 5.74) is 3.32. The number of rotatable bonds is 7. The third-order valence-electron chi connectivity index (χ3n) is 4.32. The summed E-state index contributed by atoms with van der Waals surface area (Å²) in [6, 6.07) is 16.2. The molecular formula is C20H24BrN3O2. The van der Waals surface area contributed by atoms with Crippen molar-refractivity contribution in [2.24, 2.45) is 0 Å². The summed E-state index contributed by atoms with van der Waals surface area (Å²) in [7, 11) is 0. The lowest BCUT2D eigenvalue weighted by Gasteiger charge is -2.26. The van der Waals surface area contributed by atoms with Crippen LogP contribution in [0.25, 0.3) is 0 Å². The van der Waals surface area contributed by atoms with Gasteiger partial charge in [0.2, 0.25) is 5.91 Å². The van der Waals surface area contributed by atoms with Gasteiger partial charge >= 0.3 is 0 Å². The number of benzene rings is 2. The Morgan fingerprint density at radius 3 is 2.35 bits per heavy atom. The van der Waals surface area contributed by atoms with Crippen molar-refractivity contribution in [2.75, 3.05) is 38.2 Å². The van der Waals surface area contributed by atoms with Crippen molar-refractivity contribution >= 4 is 27.5 Å². The van der Waals surface area contributed by atoms with Gasteiger partial charge in [0.1, 0.15) is 0 Å². The second-order valence-corrected chi connectivity index (χ2v) is 7.26. The van der Waals surface area contributed by atoms with E-state index in [-0.39, 0.29) is 12.5 Å². The molecule has 138 valence electrons. The molecule has 0 aromatic heterocycles. The average molecular weight is 418 g/mol. The summed E-state index contributed by atoms with van der Waals surface area (Å²) < 4.78 is 6.39. The summed E-state index contributed by atoms with van der Waals surface area (Å²) >= 11 is 3.39. The van der Waals surface area contributed by atoms with E-state index in [9.17, 15) is 4.79 Å². The lowest BCUT2D eigenvalue weighted by molar-refractivity contribution is -0.119. The van der Waals surface area contributed by atoms with Crippen molar-refractivity contribution in [1.82, 2.24) is 10.2 Å². The number of hydrogen-bond donors (Lipinski definition) is 2. The van der Waals surface area contributed by atoms with Crippen molar-refractivity contribution in [1.29, 1.82) is 0 Å². The van der Waals surface area contributed by atoms with E-state index in [1.54, 1.807) is 0 Å². The molecule has 1 aliphatic heterocycles. The third kappa shape index (κ3) is 6.12. The third-order valence-corrected chi connectivity index (χ3v) is 4.85. The first-order valence-corrected chi connectivity index (χ1v) is 9.62. The predicted octanol–water partition coefficient (Wildman–Crippen LogP) is 3.01. The van der Waals surface area contributed by atoms with Gasteiger partial charge in [0.25, 0.3) is 0 Å². The SMILES string of the molecule is O=C(CNc1ccc(Br)cc1)NCc1ccc(CN2CCOCC2)cc1. The molecule has 1 saturated heterocycles. The summed E-state index contributed by atoms with van der Waals surface area (Å²) in [5.74, 6) is -0.0229. The molecule has 2 aromatic carbocycles. The number of nitrogens with zero attached hydrogens (tertiary/aromatic N) is 1. The number of halogens is 1. The van der Waals surface area contributed by atoms with Gasteiger partial charge < -0.3 is 15.4 Å². The molecule has 1 aliphatic rings. The highest BCUT2D eigenvalue weighted by Gasteiger charge is 2.10. The van der Waals surface area contributed by atoms with E-state index in [2.05, 4.69) is 55.7 Å². The maximum atomic E-state index is 12.0. The van der Waals surface area contributed by atoms with Gasteiger partial charge in [-0.2, -0.15) is 0 Å². The molecule has 0 unspecified atom stereocenters. The molecular weight excluding hydrogens is 394 g/mol. The van der Waals surface area contributed by atoms with E-state index < -0.39 is 0 Å². The summed E-state index contributed by atoms with van der Waals surface area (Å²) in [4.78, 5) is 14.4. The van der Waals surface area contributed by atoms with Crippen LogP contribution in [-0.4, -0.2) is 43.7 Å². The van der Waals surface area contributed by atoms with Crippen LogP contribution in [-0.2, 0) is 22.6 Å². The van der Waals surface area contributed by atoms with Gasteiger partial charge in [-0.1, -0.05) is 40.2 Å². The van der Waals surface area contributed by atoms with Crippen LogP contribution in [0, 0.1) is 0 Å². The molecule has 6 heteroatoms. The van der Waals surface area contributed by atoms with Crippen molar-refractivity contribution in [3.05, 3.63) is 64.1 Å². The van der Waals surface area contributed by atoms with Crippen LogP contribution >= 0.6 is 15.9 Å². The summed E-state index contributed by atoms with van der Waals surface area (Å²) in [6.45, 7) is 5.37. The minimum absolute atomic E-state index is 0.0229. The maximum absolute atomic E-state index is 12.0. The van der Waals surface area contributed by atoms with Crippen LogP contribution < -0.4 is 10.6 Å². The number of morpholine rings is 1. The van der Waals surface area contributed by atoms with Crippen LogP contribution in [0.1, 0.15) is 11.1 Å². The molecule has 2 aromatic rings. The normalized spacial score (nSPS) is 14.8. The minimum Gasteiger partial charge on any atom is -0.379 e. The quantitative estimate of drug-likeness (QED) is 0.726. The number of anilines is 1. The molecule has 0 radical (unpaired) electrons.